The molecule has 0 bridgehead atoms. The zero-order valence-corrected chi connectivity index (χ0v) is 14.1. The summed E-state index contributed by atoms with van der Waals surface area (Å²) >= 11 is 6.66. The highest BCUT2D eigenvalue weighted by Gasteiger charge is 2.19. The highest BCUT2D eigenvalue weighted by atomic mass is 79.9. The fourth-order valence-electron chi connectivity index (χ4n) is 1.70. The third-order valence-corrected chi connectivity index (χ3v) is 3.89. The summed E-state index contributed by atoms with van der Waals surface area (Å²) in [5.74, 6) is 0.582. The molecule has 1 N–H and O–H groups in total. The van der Waals surface area contributed by atoms with Crippen LogP contribution in [0.25, 0.3) is 0 Å². The van der Waals surface area contributed by atoms with Gasteiger partial charge in [-0.2, -0.15) is 0 Å². The SMILES string of the molecule is C[C@H](O)c1ccc(Oc2ccc(Br)cc2Br)c([N+](=O)[O-])c1. The molecule has 0 spiro atoms. The van der Waals surface area contributed by atoms with Gasteiger partial charge in [0.05, 0.1) is 15.5 Å². The minimum atomic E-state index is -0.780. The number of nitrogens with zero attached hydrogens (tertiary/aromatic N) is 1. The van der Waals surface area contributed by atoms with Crippen molar-refractivity contribution in [2.45, 2.75) is 13.0 Å². The Morgan fingerprint density at radius 1 is 1.19 bits per heavy atom. The number of ether oxygens (including phenoxy) is 1. The minimum Gasteiger partial charge on any atom is -0.449 e. The van der Waals surface area contributed by atoms with Gasteiger partial charge in [0.2, 0.25) is 5.75 Å². The standard InChI is InChI=1S/C14H11Br2NO4/c1-8(18)9-2-4-14(12(6-9)17(19)20)21-13-5-3-10(15)7-11(13)16/h2-8,18H,1H3/t8-/m0/s1. The Morgan fingerprint density at radius 2 is 1.86 bits per heavy atom. The third kappa shape index (κ3) is 3.81. The topological polar surface area (TPSA) is 72.6 Å². The van der Waals surface area contributed by atoms with Crippen LogP contribution < -0.4 is 4.74 Å². The Labute approximate surface area is 138 Å². The van der Waals surface area contributed by atoms with Crippen LogP contribution in [0, 0.1) is 10.1 Å². The van der Waals surface area contributed by atoms with Crippen LogP contribution in [0.4, 0.5) is 5.69 Å². The molecule has 2 aromatic rings. The molecule has 0 unspecified atom stereocenters. The summed E-state index contributed by atoms with van der Waals surface area (Å²) in [5, 5.41) is 20.7. The number of aliphatic hydroxyl groups excluding tert-OH is 1. The molecule has 0 radical (unpaired) electrons. The van der Waals surface area contributed by atoms with Crippen LogP contribution in [-0.2, 0) is 0 Å². The number of nitro benzene ring substituents is 1. The summed E-state index contributed by atoms with van der Waals surface area (Å²) < 4.78 is 7.13. The van der Waals surface area contributed by atoms with Crippen molar-refractivity contribution in [1.29, 1.82) is 0 Å². The van der Waals surface area contributed by atoms with Crippen molar-refractivity contribution < 1.29 is 14.8 Å². The summed E-state index contributed by atoms with van der Waals surface area (Å²) in [4.78, 5) is 10.6. The third-order valence-electron chi connectivity index (χ3n) is 2.78. The predicted octanol–water partition coefficient (Wildman–Crippen LogP) is 4.97. The summed E-state index contributed by atoms with van der Waals surface area (Å²) in [6, 6.07) is 9.64. The Bertz CT molecular complexity index is 689. The van der Waals surface area contributed by atoms with Crippen molar-refractivity contribution in [3.63, 3.8) is 0 Å². The monoisotopic (exact) mass is 415 g/mol. The Kier molecular flexibility index (Phi) is 4.97. The van der Waals surface area contributed by atoms with E-state index in [1.54, 1.807) is 31.2 Å². The molecule has 1 atom stereocenters. The molecule has 110 valence electrons. The first-order valence-electron chi connectivity index (χ1n) is 5.98. The van der Waals surface area contributed by atoms with Crippen LogP contribution in [0.1, 0.15) is 18.6 Å². The molecule has 7 heteroatoms. The molecule has 0 aliphatic carbocycles. The maximum Gasteiger partial charge on any atom is 0.311 e. The molecule has 2 aromatic carbocycles. The number of nitro groups is 1. The molecule has 0 heterocycles. The van der Waals surface area contributed by atoms with Crippen molar-refractivity contribution in [1.82, 2.24) is 0 Å². The van der Waals surface area contributed by atoms with Crippen molar-refractivity contribution in [2.24, 2.45) is 0 Å². The van der Waals surface area contributed by atoms with E-state index in [9.17, 15) is 15.2 Å². The average molecular weight is 417 g/mol. The lowest BCUT2D eigenvalue weighted by Gasteiger charge is -2.10. The van der Waals surface area contributed by atoms with Gasteiger partial charge in [0.25, 0.3) is 0 Å². The maximum absolute atomic E-state index is 11.2. The van der Waals surface area contributed by atoms with Crippen molar-refractivity contribution in [3.8, 4) is 11.5 Å². The normalized spacial score (nSPS) is 12.0. The Morgan fingerprint density at radius 3 is 2.43 bits per heavy atom. The van der Waals surface area contributed by atoms with E-state index in [1.807, 2.05) is 0 Å². The van der Waals surface area contributed by atoms with E-state index in [0.717, 1.165) is 4.47 Å². The minimum absolute atomic E-state index is 0.118. The van der Waals surface area contributed by atoms with Crippen molar-refractivity contribution in [3.05, 3.63) is 61.0 Å². The van der Waals surface area contributed by atoms with Crippen molar-refractivity contribution in [2.75, 3.05) is 0 Å². The van der Waals surface area contributed by atoms with E-state index in [-0.39, 0.29) is 11.4 Å². The Balaban J connectivity index is 2.41. The Hall–Kier alpha value is -1.44. The molecule has 0 aliphatic heterocycles. The van der Waals surface area contributed by atoms with E-state index >= 15 is 0 Å². The van der Waals surface area contributed by atoms with Gasteiger partial charge < -0.3 is 9.84 Å². The van der Waals surface area contributed by atoms with Crippen LogP contribution in [0.15, 0.2) is 45.3 Å². The second-order valence-electron chi connectivity index (χ2n) is 4.34. The average Bonchev–Trinajstić information content (AvgIpc) is 2.41. The van der Waals surface area contributed by atoms with Crippen LogP contribution in [-0.4, -0.2) is 10.0 Å². The molecule has 5 nitrogen and oxygen atoms in total. The van der Waals surface area contributed by atoms with Gasteiger partial charge in [-0.1, -0.05) is 22.0 Å². The quantitative estimate of drug-likeness (QED) is 0.564. The predicted molar refractivity (Wildman–Crippen MR) is 85.6 cm³/mol. The molecular formula is C14H11Br2NO4. The molecular weight excluding hydrogens is 406 g/mol. The van der Waals surface area contributed by atoms with Gasteiger partial charge in [0.15, 0.2) is 0 Å². The molecule has 0 saturated carbocycles. The van der Waals surface area contributed by atoms with Gasteiger partial charge in [-0.15, -0.1) is 0 Å². The highest BCUT2D eigenvalue weighted by molar-refractivity contribution is 9.11. The smallest absolute Gasteiger partial charge is 0.311 e. The molecule has 0 saturated heterocycles. The summed E-state index contributed by atoms with van der Waals surface area (Å²) in [5.41, 5.74) is 0.271. The maximum atomic E-state index is 11.2. The molecule has 21 heavy (non-hydrogen) atoms. The summed E-state index contributed by atoms with van der Waals surface area (Å²) in [6.45, 7) is 1.55. The number of rotatable bonds is 4. The van der Waals surface area contributed by atoms with Crippen LogP contribution in [0.2, 0.25) is 0 Å². The van der Waals surface area contributed by atoms with Gasteiger partial charge in [0, 0.05) is 10.5 Å². The molecule has 0 aromatic heterocycles. The first-order chi connectivity index (χ1) is 9.88. The molecule has 2 rings (SSSR count). The van der Waals surface area contributed by atoms with E-state index in [4.69, 9.17) is 4.74 Å². The lowest BCUT2D eigenvalue weighted by Crippen LogP contribution is -1.97. The fraction of sp³-hybridized carbons (Fsp3) is 0.143. The van der Waals surface area contributed by atoms with Crippen LogP contribution in [0.3, 0.4) is 0 Å². The summed E-state index contributed by atoms with van der Waals surface area (Å²) in [6.07, 6.45) is -0.780. The lowest BCUT2D eigenvalue weighted by molar-refractivity contribution is -0.385. The van der Waals surface area contributed by atoms with Gasteiger partial charge in [-0.05, 0) is 52.7 Å². The van der Waals surface area contributed by atoms with Gasteiger partial charge in [0.1, 0.15) is 5.75 Å². The van der Waals surface area contributed by atoms with E-state index < -0.39 is 11.0 Å². The van der Waals surface area contributed by atoms with E-state index in [0.29, 0.717) is 15.8 Å². The van der Waals surface area contributed by atoms with Gasteiger partial charge >= 0.3 is 5.69 Å². The zero-order chi connectivity index (χ0) is 15.6. The highest BCUT2D eigenvalue weighted by Crippen LogP contribution is 2.37. The fourth-order valence-corrected chi connectivity index (χ4v) is 2.83. The van der Waals surface area contributed by atoms with Gasteiger partial charge in [-0.25, -0.2) is 0 Å². The molecule has 0 fully saturated rings. The van der Waals surface area contributed by atoms with Crippen LogP contribution >= 0.6 is 31.9 Å². The van der Waals surface area contributed by atoms with E-state index in [1.165, 1.54) is 12.1 Å². The van der Waals surface area contributed by atoms with Gasteiger partial charge in [-0.3, -0.25) is 10.1 Å². The largest absolute Gasteiger partial charge is 0.449 e. The second-order valence-corrected chi connectivity index (χ2v) is 6.11. The van der Waals surface area contributed by atoms with E-state index in [2.05, 4.69) is 31.9 Å². The zero-order valence-electron chi connectivity index (χ0n) is 10.9. The first kappa shape index (κ1) is 15.9. The second kappa shape index (κ2) is 6.55. The molecule has 0 aliphatic rings. The van der Waals surface area contributed by atoms with Crippen LogP contribution in [0.5, 0.6) is 11.5 Å². The molecule has 0 amide bonds. The lowest BCUT2D eigenvalue weighted by atomic mass is 10.1. The number of hydrogen-bond acceptors (Lipinski definition) is 4. The number of aliphatic hydroxyl groups is 1. The van der Waals surface area contributed by atoms with Crippen molar-refractivity contribution >= 4 is 37.5 Å². The number of benzene rings is 2. The number of halogens is 2. The first-order valence-corrected chi connectivity index (χ1v) is 7.56. The summed E-state index contributed by atoms with van der Waals surface area (Å²) in [7, 11) is 0. The number of hydrogen-bond donors (Lipinski definition) is 1.